The molecule has 0 atom stereocenters. The third-order valence-electron chi connectivity index (χ3n) is 4.41. The molecule has 5 rings (SSSR count). The Morgan fingerprint density at radius 1 is 1.08 bits per heavy atom. The SMILES string of the molecule is COc1cc(-c2cc(C)c3c(ccc4n[nH]nc43)n2)cc2c1OCO2. The van der Waals surface area contributed by atoms with E-state index < -0.39 is 0 Å². The fraction of sp³-hybridized carbons (Fsp3) is 0.167. The zero-order valence-corrected chi connectivity index (χ0v) is 13.7. The molecule has 0 saturated carbocycles. The molecule has 0 bridgehead atoms. The molecule has 3 heterocycles. The number of aryl methyl sites for hydroxylation is 1. The van der Waals surface area contributed by atoms with Gasteiger partial charge in [0.25, 0.3) is 0 Å². The number of H-pyrrole nitrogens is 1. The highest BCUT2D eigenvalue weighted by Crippen LogP contribution is 2.44. The first-order chi connectivity index (χ1) is 12.2. The zero-order valence-electron chi connectivity index (χ0n) is 13.7. The van der Waals surface area contributed by atoms with Gasteiger partial charge in [-0.1, -0.05) is 0 Å². The van der Waals surface area contributed by atoms with Crippen LogP contribution in [0, 0.1) is 6.92 Å². The summed E-state index contributed by atoms with van der Waals surface area (Å²) in [5.74, 6) is 1.94. The van der Waals surface area contributed by atoms with Gasteiger partial charge in [0, 0.05) is 10.9 Å². The minimum atomic E-state index is 0.198. The number of rotatable bonds is 2. The number of hydrogen-bond donors (Lipinski definition) is 1. The van der Waals surface area contributed by atoms with Gasteiger partial charge in [-0.2, -0.15) is 15.4 Å². The Morgan fingerprint density at radius 2 is 1.96 bits per heavy atom. The lowest BCUT2D eigenvalue weighted by Gasteiger charge is -2.10. The molecule has 0 amide bonds. The van der Waals surface area contributed by atoms with Crippen LogP contribution in [0.4, 0.5) is 0 Å². The summed E-state index contributed by atoms with van der Waals surface area (Å²) < 4.78 is 16.4. The van der Waals surface area contributed by atoms with Crippen LogP contribution in [0.1, 0.15) is 5.56 Å². The van der Waals surface area contributed by atoms with E-state index >= 15 is 0 Å². The van der Waals surface area contributed by atoms with Gasteiger partial charge in [-0.3, -0.25) is 0 Å². The summed E-state index contributed by atoms with van der Waals surface area (Å²) in [6.45, 7) is 2.25. The van der Waals surface area contributed by atoms with E-state index in [2.05, 4.69) is 15.4 Å². The van der Waals surface area contributed by atoms with Gasteiger partial charge < -0.3 is 14.2 Å². The summed E-state index contributed by atoms with van der Waals surface area (Å²) in [6, 6.07) is 9.74. The van der Waals surface area contributed by atoms with E-state index in [1.54, 1.807) is 7.11 Å². The third-order valence-corrected chi connectivity index (χ3v) is 4.41. The number of fused-ring (bicyclic) bond motifs is 4. The van der Waals surface area contributed by atoms with Gasteiger partial charge in [0.2, 0.25) is 12.5 Å². The van der Waals surface area contributed by atoms with E-state index in [1.807, 2.05) is 37.3 Å². The highest BCUT2D eigenvalue weighted by Gasteiger charge is 2.21. The van der Waals surface area contributed by atoms with Crippen LogP contribution >= 0.6 is 0 Å². The van der Waals surface area contributed by atoms with Crippen molar-refractivity contribution < 1.29 is 14.2 Å². The van der Waals surface area contributed by atoms with E-state index in [0.717, 1.165) is 38.8 Å². The molecule has 1 aliphatic heterocycles. The molecule has 1 aliphatic rings. The van der Waals surface area contributed by atoms with Gasteiger partial charge in [0.15, 0.2) is 11.5 Å². The second kappa shape index (κ2) is 5.07. The van der Waals surface area contributed by atoms with Crippen molar-refractivity contribution in [3.63, 3.8) is 0 Å². The maximum Gasteiger partial charge on any atom is 0.231 e. The van der Waals surface area contributed by atoms with Crippen molar-refractivity contribution in [1.82, 2.24) is 20.4 Å². The molecule has 0 spiro atoms. The molecule has 7 nitrogen and oxygen atoms in total. The Hall–Kier alpha value is -3.35. The van der Waals surface area contributed by atoms with Crippen LogP contribution in [0.2, 0.25) is 0 Å². The normalized spacial score (nSPS) is 12.9. The van der Waals surface area contributed by atoms with Crippen LogP contribution in [0.3, 0.4) is 0 Å². The van der Waals surface area contributed by atoms with Crippen molar-refractivity contribution in [2.45, 2.75) is 6.92 Å². The van der Waals surface area contributed by atoms with Crippen molar-refractivity contribution >= 4 is 21.9 Å². The first-order valence-electron chi connectivity index (χ1n) is 7.83. The maximum absolute atomic E-state index is 5.52. The lowest BCUT2D eigenvalue weighted by Crippen LogP contribution is -1.93. The van der Waals surface area contributed by atoms with Crippen LogP contribution < -0.4 is 14.2 Å². The number of pyridine rings is 1. The van der Waals surface area contributed by atoms with Crippen LogP contribution in [-0.4, -0.2) is 34.3 Å². The summed E-state index contributed by atoms with van der Waals surface area (Å²) in [4.78, 5) is 4.80. The van der Waals surface area contributed by atoms with Crippen molar-refractivity contribution in [2.75, 3.05) is 13.9 Å². The Labute approximate surface area is 142 Å². The molecule has 124 valence electrons. The quantitative estimate of drug-likeness (QED) is 0.606. The number of nitrogens with one attached hydrogen (secondary N) is 1. The molecule has 2 aromatic carbocycles. The fourth-order valence-corrected chi connectivity index (χ4v) is 3.25. The average molecular weight is 334 g/mol. The molecule has 2 aromatic heterocycles. The van der Waals surface area contributed by atoms with Crippen molar-refractivity contribution in [2.24, 2.45) is 0 Å². The van der Waals surface area contributed by atoms with E-state index in [9.17, 15) is 0 Å². The largest absolute Gasteiger partial charge is 0.493 e. The second-order valence-electron chi connectivity index (χ2n) is 5.89. The van der Waals surface area contributed by atoms with E-state index in [0.29, 0.717) is 17.2 Å². The maximum atomic E-state index is 5.52. The predicted molar refractivity (Wildman–Crippen MR) is 92.0 cm³/mol. The average Bonchev–Trinajstić information content (AvgIpc) is 3.29. The summed E-state index contributed by atoms with van der Waals surface area (Å²) in [6.07, 6.45) is 0. The minimum absolute atomic E-state index is 0.198. The van der Waals surface area contributed by atoms with Crippen molar-refractivity contribution in [1.29, 1.82) is 0 Å². The van der Waals surface area contributed by atoms with Crippen molar-refractivity contribution in [3.05, 3.63) is 35.9 Å². The van der Waals surface area contributed by atoms with E-state index in [-0.39, 0.29) is 6.79 Å². The third kappa shape index (κ3) is 2.02. The van der Waals surface area contributed by atoms with E-state index in [4.69, 9.17) is 19.2 Å². The zero-order chi connectivity index (χ0) is 17.0. The standard InChI is InChI=1S/C18H14N4O3/c1-9-5-13(10-6-14(23-2)18-15(7-10)24-8-25-18)19-11-3-4-12-17(16(9)11)21-22-20-12/h3-7H,8H2,1-2H3,(H,20,21,22). The molecule has 0 radical (unpaired) electrons. The molecule has 0 saturated heterocycles. The number of nitrogens with zero attached hydrogens (tertiary/aromatic N) is 3. The topological polar surface area (TPSA) is 82.2 Å². The van der Waals surface area contributed by atoms with Gasteiger partial charge in [-0.05, 0) is 42.8 Å². The van der Waals surface area contributed by atoms with Gasteiger partial charge in [0.05, 0.1) is 18.3 Å². The van der Waals surface area contributed by atoms with Crippen LogP contribution in [0.15, 0.2) is 30.3 Å². The molecular weight excluding hydrogens is 320 g/mol. The van der Waals surface area contributed by atoms with Gasteiger partial charge >= 0.3 is 0 Å². The molecule has 4 aromatic rings. The monoisotopic (exact) mass is 334 g/mol. The lowest BCUT2D eigenvalue weighted by molar-refractivity contribution is 0.171. The first kappa shape index (κ1) is 14.0. The number of aromatic nitrogens is 4. The highest BCUT2D eigenvalue weighted by atomic mass is 16.7. The molecule has 25 heavy (non-hydrogen) atoms. The summed E-state index contributed by atoms with van der Waals surface area (Å²) in [5, 5.41) is 12.1. The Morgan fingerprint density at radius 3 is 2.84 bits per heavy atom. The van der Waals surface area contributed by atoms with Gasteiger partial charge in [-0.15, -0.1) is 0 Å². The molecule has 7 heteroatoms. The van der Waals surface area contributed by atoms with Crippen LogP contribution in [-0.2, 0) is 0 Å². The van der Waals surface area contributed by atoms with Crippen LogP contribution in [0.5, 0.6) is 17.2 Å². The molecule has 1 N–H and O–H groups in total. The van der Waals surface area contributed by atoms with E-state index in [1.165, 1.54) is 0 Å². The molecule has 0 unspecified atom stereocenters. The number of methoxy groups -OCH3 is 1. The Balaban J connectivity index is 1.75. The number of hydrogen-bond acceptors (Lipinski definition) is 6. The van der Waals surface area contributed by atoms with Crippen molar-refractivity contribution in [3.8, 4) is 28.5 Å². The minimum Gasteiger partial charge on any atom is -0.493 e. The molecule has 0 fully saturated rings. The summed E-state index contributed by atoms with van der Waals surface area (Å²) in [7, 11) is 1.61. The number of aromatic amines is 1. The number of ether oxygens (including phenoxy) is 3. The first-order valence-corrected chi connectivity index (χ1v) is 7.83. The fourth-order valence-electron chi connectivity index (χ4n) is 3.25. The highest BCUT2D eigenvalue weighted by molar-refractivity contribution is 6.04. The predicted octanol–water partition coefficient (Wildman–Crippen LogP) is 3.22. The molecule has 0 aliphatic carbocycles. The molecular formula is C18H14N4O3. The Bertz CT molecular complexity index is 1140. The van der Waals surface area contributed by atoms with Crippen LogP contribution in [0.25, 0.3) is 33.2 Å². The summed E-state index contributed by atoms with van der Waals surface area (Å²) in [5.41, 5.74) is 5.35. The lowest BCUT2D eigenvalue weighted by atomic mass is 10.0. The smallest absolute Gasteiger partial charge is 0.231 e. The second-order valence-corrected chi connectivity index (χ2v) is 5.89. The number of benzene rings is 2. The summed E-state index contributed by atoms with van der Waals surface area (Å²) >= 11 is 0. The van der Waals surface area contributed by atoms with Gasteiger partial charge in [0.1, 0.15) is 11.0 Å². The Kier molecular flexibility index (Phi) is 2.85. The van der Waals surface area contributed by atoms with Gasteiger partial charge in [-0.25, -0.2) is 4.98 Å².